The number of benzene rings is 1. The van der Waals surface area contributed by atoms with Crippen LogP contribution in [0.15, 0.2) is 24.3 Å². The zero-order valence-electron chi connectivity index (χ0n) is 14.0. The third kappa shape index (κ3) is 3.19. The van der Waals surface area contributed by atoms with E-state index in [2.05, 4.69) is 48.3 Å². The van der Waals surface area contributed by atoms with Crippen LogP contribution in [0.1, 0.15) is 56.1 Å². The summed E-state index contributed by atoms with van der Waals surface area (Å²) in [5.74, 6) is 1.64. The van der Waals surface area contributed by atoms with E-state index in [1.807, 2.05) is 7.05 Å². The first-order valence-corrected chi connectivity index (χ1v) is 8.66. The first kappa shape index (κ1) is 15.5. The Morgan fingerprint density at radius 2 is 1.82 bits per heavy atom. The highest BCUT2D eigenvalue weighted by Crippen LogP contribution is 2.48. The van der Waals surface area contributed by atoms with Gasteiger partial charge in [0.1, 0.15) is 0 Å². The molecule has 3 rings (SSSR count). The summed E-state index contributed by atoms with van der Waals surface area (Å²) in [6, 6.07) is 9.47. The van der Waals surface area contributed by atoms with Crippen molar-refractivity contribution in [3.05, 3.63) is 35.4 Å². The van der Waals surface area contributed by atoms with Crippen LogP contribution in [-0.2, 0) is 4.79 Å². The highest BCUT2D eigenvalue weighted by atomic mass is 16.2. The summed E-state index contributed by atoms with van der Waals surface area (Å²) in [5.41, 5.74) is 2.72. The van der Waals surface area contributed by atoms with Gasteiger partial charge in [-0.25, -0.2) is 0 Å². The minimum Gasteiger partial charge on any atom is -0.342 e. The Morgan fingerprint density at radius 1 is 1.18 bits per heavy atom. The van der Waals surface area contributed by atoms with Gasteiger partial charge in [-0.1, -0.05) is 38.1 Å². The number of amides is 1. The molecule has 2 unspecified atom stereocenters. The summed E-state index contributed by atoms with van der Waals surface area (Å²) in [6.07, 6.45) is 3.21. The monoisotopic (exact) mass is 300 g/mol. The average molecular weight is 300 g/mol. The molecule has 1 aliphatic heterocycles. The number of carbonyl (C=O) groups is 1. The molecule has 2 atom stereocenters. The van der Waals surface area contributed by atoms with Crippen LogP contribution in [0.25, 0.3) is 0 Å². The molecule has 1 saturated heterocycles. The van der Waals surface area contributed by atoms with E-state index in [0.717, 1.165) is 32.4 Å². The Labute approximate surface area is 134 Å². The number of nitrogens with one attached hydrogen (secondary N) is 1. The van der Waals surface area contributed by atoms with Crippen LogP contribution in [0.5, 0.6) is 0 Å². The van der Waals surface area contributed by atoms with Crippen molar-refractivity contribution in [2.75, 3.05) is 20.1 Å². The fourth-order valence-electron chi connectivity index (χ4n) is 3.59. The van der Waals surface area contributed by atoms with Gasteiger partial charge in [-0.3, -0.25) is 4.79 Å². The van der Waals surface area contributed by atoms with Gasteiger partial charge < -0.3 is 10.2 Å². The molecule has 0 aromatic heterocycles. The van der Waals surface area contributed by atoms with E-state index in [9.17, 15) is 4.79 Å². The van der Waals surface area contributed by atoms with Crippen LogP contribution >= 0.6 is 0 Å². The summed E-state index contributed by atoms with van der Waals surface area (Å²) in [5, 5.41) is 3.32. The van der Waals surface area contributed by atoms with Crippen LogP contribution in [0.4, 0.5) is 0 Å². The summed E-state index contributed by atoms with van der Waals surface area (Å²) in [4.78, 5) is 14.7. The first-order valence-electron chi connectivity index (χ1n) is 8.66. The fourth-order valence-corrected chi connectivity index (χ4v) is 3.59. The molecule has 22 heavy (non-hydrogen) atoms. The Balaban J connectivity index is 1.56. The highest BCUT2D eigenvalue weighted by Gasteiger charge is 2.46. The van der Waals surface area contributed by atoms with Gasteiger partial charge in [0, 0.05) is 25.0 Å². The van der Waals surface area contributed by atoms with Crippen molar-refractivity contribution in [2.24, 2.45) is 5.92 Å². The maximum absolute atomic E-state index is 12.6. The summed E-state index contributed by atoms with van der Waals surface area (Å²) in [6.45, 7) is 6.26. The fraction of sp³-hybridized carbons (Fsp3) is 0.632. The van der Waals surface area contributed by atoms with E-state index in [1.54, 1.807) is 0 Å². The predicted octanol–water partition coefficient (Wildman–Crippen LogP) is 3.12. The van der Waals surface area contributed by atoms with Gasteiger partial charge in [0.15, 0.2) is 0 Å². The number of carbonyl (C=O) groups excluding carboxylic acids is 1. The normalized spacial score (nSPS) is 25.5. The van der Waals surface area contributed by atoms with Crippen molar-refractivity contribution < 1.29 is 4.79 Å². The van der Waals surface area contributed by atoms with Gasteiger partial charge in [-0.15, -0.1) is 0 Å². The van der Waals surface area contributed by atoms with E-state index >= 15 is 0 Å². The zero-order valence-corrected chi connectivity index (χ0v) is 14.0. The standard InChI is InChI=1S/C19H28N2O/c1-13(2)14-4-6-15(7-5-14)17-12-18(17)19(22)21-10-8-16(20-3)9-11-21/h4-7,13,16-18,20H,8-12H2,1-3H3. The maximum Gasteiger partial charge on any atom is 0.226 e. The lowest BCUT2D eigenvalue weighted by molar-refractivity contribution is -0.133. The topological polar surface area (TPSA) is 32.3 Å². The molecular formula is C19H28N2O. The number of nitrogens with zero attached hydrogens (tertiary/aromatic N) is 1. The van der Waals surface area contributed by atoms with Crippen molar-refractivity contribution in [1.29, 1.82) is 0 Å². The second-order valence-corrected chi connectivity index (χ2v) is 7.16. The molecule has 2 fully saturated rings. The molecule has 1 aromatic carbocycles. The van der Waals surface area contributed by atoms with Gasteiger partial charge in [-0.2, -0.15) is 0 Å². The number of hydrogen-bond acceptors (Lipinski definition) is 2. The van der Waals surface area contributed by atoms with Gasteiger partial charge in [0.2, 0.25) is 5.91 Å². The molecule has 1 aliphatic carbocycles. The average Bonchev–Trinajstić information content (AvgIpc) is 3.35. The Hall–Kier alpha value is -1.35. The Morgan fingerprint density at radius 3 is 2.36 bits per heavy atom. The maximum atomic E-state index is 12.6. The Bertz CT molecular complexity index is 515. The molecule has 0 radical (unpaired) electrons. The van der Waals surface area contributed by atoms with E-state index in [0.29, 0.717) is 23.8 Å². The van der Waals surface area contributed by atoms with Crippen LogP contribution in [-0.4, -0.2) is 37.0 Å². The lowest BCUT2D eigenvalue weighted by Crippen LogP contribution is -2.44. The van der Waals surface area contributed by atoms with E-state index in [1.165, 1.54) is 11.1 Å². The van der Waals surface area contributed by atoms with Gasteiger partial charge >= 0.3 is 0 Å². The van der Waals surface area contributed by atoms with E-state index in [4.69, 9.17) is 0 Å². The number of rotatable bonds is 4. The SMILES string of the molecule is CNC1CCN(C(=O)C2CC2c2ccc(C(C)C)cc2)CC1. The van der Waals surface area contributed by atoms with Gasteiger partial charge in [-0.05, 0) is 49.3 Å². The Kier molecular flexibility index (Phi) is 4.53. The molecule has 0 bridgehead atoms. The molecule has 3 heteroatoms. The molecule has 1 heterocycles. The molecule has 1 aromatic rings. The van der Waals surface area contributed by atoms with Crippen LogP contribution < -0.4 is 5.32 Å². The van der Waals surface area contributed by atoms with Crippen molar-refractivity contribution in [2.45, 2.75) is 51.0 Å². The molecule has 1 saturated carbocycles. The molecule has 1 N–H and O–H groups in total. The smallest absolute Gasteiger partial charge is 0.226 e. The molecule has 120 valence electrons. The molecular weight excluding hydrogens is 272 g/mol. The second kappa shape index (κ2) is 6.41. The van der Waals surface area contributed by atoms with E-state index in [-0.39, 0.29) is 5.92 Å². The van der Waals surface area contributed by atoms with Crippen LogP contribution in [0, 0.1) is 5.92 Å². The zero-order chi connectivity index (χ0) is 15.7. The van der Waals surface area contributed by atoms with Crippen molar-refractivity contribution >= 4 is 5.91 Å². The van der Waals surface area contributed by atoms with Crippen LogP contribution in [0.2, 0.25) is 0 Å². The molecule has 1 amide bonds. The predicted molar refractivity (Wildman–Crippen MR) is 90.0 cm³/mol. The van der Waals surface area contributed by atoms with Gasteiger partial charge in [0.25, 0.3) is 0 Å². The largest absolute Gasteiger partial charge is 0.342 e. The summed E-state index contributed by atoms with van der Waals surface area (Å²) >= 11 is 0. The minimum absolute atomic E-state index is 0.232. The first-order chi connectivity index (χ1) is 10.6. The number of hydrogen-bond donors (Lipinski definition) is 1. The third-order valence-corrected chi connectivity index (χ3v) is 5.35. The highest BCUT2D eigenvalue weighted by molar-refractivity contribution is 5.83. The second-order valence-electron chi connectivity index (χ2n) is 7.16. The number of piperidine rings is 1. The molecule has 3 nitrogen and oxygen atoms in total. The van der Waals surface area contributed by atoms with Crippen molar-refractivity contribution in [3.63, 3.8) is 0 Å². The lowest BCUT2D eigenvalue weighted by Gasteiger charge is -2.32. The van der Waals surface area contributed by atoms with Gasteiger partial charge in [0.05, 0.1) is 0 Å². The quantitative estimate of drug-likeness (QED) is 0.926. The van der Waals surface area contributed by atoms with Crippen molar-refractivity contribution in [1.82, 2.24) is 10.2 Å². The minimum atomic E-state index is 0.232. The summed E-state index contributed by atoms with van der Waals surface area (Å²) in [7, 11) is 2.01. The molecule has 2 aliphatic rings. The lowest BCUT2D eigenvalue weighted by atomic mass is 9.99. The summed E-state index contributed by atoms with van der Waals surface area (Å²) < 4.78 is 0. The van der Waals surface area contributed by atoms with E-state index < -0.39 is 0 Å². The number of likely N-dealkylation sites (tertiary alicyclic amines) is 1. The van der Waals surface area contributed by atoms with Crippen LogP contribution in [0.3, 0.4) is 0 Å². The third-order valence-electron chi connectivity index (χ3n) is 5.35. The molecule has 0 spiro atoms. The van der Waals surface area contributed by atoms with Crippen molar-refractivity contribution in [3.8, 4) is 0 Å².